The van der Waals surface area contributed by atoms with Crippen molar-refractivity contribution < 1.29 is 17.9 Å². The predicted octanol–water partition coefficient (Wildman–Crippen LogP) is 3.84. The lowest BCUT2D eigenvalue weighted by Gasteiger charge is -2.22. The largest absolute Gasteiger partial charge is 0.495 e. The highest BCUT2D eigenvalue weighted by Crippen LogP contribution is 2.39. The molecule has 0 unspecified atom stereocenters. The van der Waals surface area contributed by atoms with Crippen molar-refractivity contribution in [3.05, 3.63) is 46.4 Å². The van der Waals surface area contributed by atoms with Gasteiger partial charge < -0.3 is 9.47 Å². The van der Waals surface area contributed by atoms with Gasteiger partial charge in [-0.3, -0.25) is 4.31 Å². The maximum Gasteiger partial charge on any atom is 0.265 e. The normalized spacial score (nSPS) is 11.2. The molecule has 8 heteroatoms. The average Bonchev–Trinajstić information content (AvgIpc) is 2.56. The molecule has 2 aromatic rings. The third kappa shape index (κ3) is 3.20. The molecule has 0 amide bonds. The zero-order valence-corrected chi connectivity index (χ0v) is 15.0. The zero-order valence-electron chi connectivity index (χ0n) is 12.7. The van der Waals surface area contributed by atoms with E-state index in [4.69, 9.17) is 32.7 Å². The molecule has 0 aliphatic rings. The summed E-state index contributed by atoms with van der Waals surface area (Å²) in [4.78, 5) is -0.113. The van der Waals surface area contributed by atoms with Crippen molar-refractivity contribution in [2.45, 2.75) is 4.90 Å². The fraction of sp³-hybridized carbons (Fsp3) is 0.200. The van der Waals surface area contributed by atoms with E-state index in [1.807, 2.05) is 0 Å². The van der Waals surface area contributed by atoms with Crippen LogP contribution < -0.4 is 13.8 Å². The van der Waals surface area contributed by atoms with Crippen LogP contribution in [0.25, 0.3) is 0 Å². The quantitative estimate of drug-likeness (QED) is 0.796. The van der Waals surface area contributed by atoms with Gasteiger partial charge in [0.2, 0.25) is 0 Å². The van der Waals surface area contributed by atoms with Crippen molar-refractivity contribution in [3.63, 3.8) is 0 Å². The lowest BCUT2D eigenvalue weighted by atomic mass is 10.3. The number of ether oxygens (including phenoxy) is 2. The van der Waals surface area contributed by atoms with Gasteiger partial charge in [-0.1, -0.05) is 35.3 Å². The fourth-order valence-corrected chi connectivity index (χ4v) is 4.06. The number of para-hydroxylation sites is 2. The van der Waals surface area contributed by atoms with Crippen LogP contribution in [0, 0.1) is 0 Å². The number of sulfonamides is 1. The van der Waals surface area contributed by atoms with Crippen LogP contribution in [-0.2, 0) is 10.0 Å². The van der Waals surface area contributed by atoms with Gasteiger partial charge in [0, 0.05) is 7.05 Å². The summed E-state index contributed by atoms with van der Waals surface area (Å²) >= 11 is 12.2. The molecule has 0 radical (unpaired) electrons. The second-order valence-electron chi connectivity index (χ2n) is 4.54. The molecule has 23 heavy (non-hydrogen) atoms. The Morgan fingerprint density at radius 3 is 2.13 bits per heavy atom. The Kier molecular flexibility index (Phi) is 5.29. The second-order valence-corrected chi connectivity index (χ2v) is 7.23. The van der Waals surface area contributed by atoms with Crippen LogP contribution in [0.15, 0.2) is 41.3 Å². The van der Waals surface area contributed by atoms with Crippen molar-refractivity contribution in [1.82, 2.24) is 0 Å². The molecular formula is C15H15Cl2NO4S. The first-order valence-corrected chi connectivity index (χ1v) is 8.68. The molecule has 0 aliphatic heterocycles. The molecule has 0 N–H and O–H groups in total. The minimum absolute atomic E-state index is 0.0451. The highest BCUT2D eigenvalue weighted by molar-refractivity contribution is 7.93. The molecule has 0 aliphatic carbocycles. The molecule has 0 spiro atoms. The number of halogens is 2. The Balaban J connectivity index is 2.56. The molecule has 0 saturated carbocycles. The highest BCUT2D eigenvalue weighted by atomic mass is 35.5. The summed E-state index contributed by atoms with van der Waals surface area (Å²) in [5.41, 5.74) is 0.387. The molecule has 124 valence electrons. The highest BCUT2D eigenvalue weighted by Gasteiger charge is 2.28. The monoisotopic (exact) mass is 375 g/mol. The number of methoxy groups -OCH3 is 2. The van der Waals surface area contributed by atoms with Crippen LogP contribution >= 0.6 is 23.2 Å². The number of rotatable bonds is 5. The molecular weight excluding hydrogens is 361 g/mol. The summed E-state index contributed by atoms with van der Waals surface area (Å²) in [6.07, 6.45) is 0. The van der Waals surface area contributed by atoms with Gasteiger partial charge >= 0.3 is 0 Å². The Hall–Kier alpha value is -1.63. The van der Waals surface area contributed by atoms with Crippen molar-refractivity contribution >= 4 is 38.9 Å². The molecule has 0 saturated heterocycles. The van der Waals surface area contributed by atoms with Gasteiger partial charge in [0.1, 0.15) is 21.4 Å². The van der Waals surface area contributed by atoms with E-state index in [1.54, 1.807) is 24.3 Å². The standard InChI is InChI=1S/C15H15Cl2NO4S/c1-18(10-6-4-5-7-11(10)21-2)23(19,20)13-9-8-12(22-3)14(16)15(13)17/h4-9H,1-3H3. The van der Waals surface area contributed by atoms with Crippen LogP contribution in [0.1, 0.15) is 0 Å². The number of nitrogens with zero attached hydrogens (tertiary/aromatic N) is 1. The Bertz CT molecular complexity index is 824. The number of hydrogen-bond acceptors (Lipinski definition) is 4. The zero-order chi connectivity index (χ0) is 17.2. The summed E-state index contributed by atoms with van der Waals surface area (Å²) in [6.45, 7) is 0. The average molecular weight is 376 g/mol. The molecule has 0 heterocycles. The molecule has 5 nitrogen and oxygen atoms in total. The lowest BCUT2D eigenvalue weighted by molar-refractivity contribution is 0.414. The third-order valence-electron chi connectivity index (χ3n) is 3.29. The van der Waals surface area contributed by atoms with Gasteiger partial charge in [0.25, 0.3) is 10.0 Å². The fourth-order valence-electron chi connectivity index (χ4n) is 2.04. The van der Waals surface area contributed by atoms with E-state index in [0.717, 1.165) is 4.31 Å². The summed E-state index contributed by atoms with van der Waals surface area (Å²) in [7, 11) is 0.389. The Morgan fingerprint density at radius 1 is 0.913 bits per heavy atom. The smallest absolute Gasteiger partial charge is 0.265 e. The van der Waals surface area contributed by atoms with Crippen LogP contribution in [0.3, 0.4) is 0 Å². The summed E-state index contributed by atoms with van der Waals surface area (Å²) in [6, 6.07) is 9.58. The second kappa shape index (κ2) is 6.86. The molecule has 0 bridgehead atoms. The summed E-state index contributed by atoms with van der Waals surface area (Å²) in [5, 5.41) is -0.0450. The maximum atomic E-state index is 12.9. The lowest BCUT2D eigenvalue weighted by Crippen LogP contribution is -2.27. The van der Waals surface area contributed by atoms with E-state index in [9.17, 15) is 8.42 Å². The third-order valence-corrected chi connectivity index (χ3v) is 6.08. The van der Waals surface area contributed by atoms with Gasteiger partial charge in [0.05, 0.1) is 24.9 Å². The van der Waals surface area contributed by atoms with E-state index < -0.39 is 10.0 Å². The van der Waals surface area contributed by atoms with Gasteiger partial charge in [0.15, 0.2) is 0 Å². The van der Waals surface area contributed by atoms with Gasteiger partial charge in [-0.25, -0.2) is 8.42 Å². The molecule has 2 rings (SSSR count). The molecule has 0 fully saturated rings. The number of benzene rings is 2. The van der Waals surface area contributed by atoms with E-state index in [0.29, 0.717) is 17.2 Å². The van der Waals surface area contributed by atoms with E-state index >= 15 is 0 Å². The molecule has 2 aromatic carbocycles. The van der Waals surface area contributed by atoms with Crippen molar-refractivity contribution in [2.24, 2.45) is 0 Å². The van der Waals surface area contributed by atoms with Crippen molar-refractivity contribution in [2.75, 3.05) is 25.6 Å². The SMILES string of the molecule is COc1ccccc1N(C)S(=O)(=O)c1ccc(OC)c(Cl)c1Cl. The first kappa shape index (κ1) is 17.7. The first-order chi connectivity index (χ1) is 10.8. The molecule has 0 atom stereocenters. The maximum absolute atomic E-state index is 12.9. The van der Waals surface area contributed by atoms with Crippen LogP contribution in [-0.4, -0.2) is 29.7 Å². The minimum atomic E-state index is -3.92. The van der Waals surface area contributed by atoms with Crippen LogP contribution in [0.4, 0.5) is 5.69 Å². The summed E-state index contributed by atoms with van der Waals surface area (Å²) in [5.74, 6) is 0.727. The van der Waals surface area contributed by atoms with Crippen LogP contribution in [0.5, 0.6) is 11.5 Å². The Labute approximate surface area is 145 Å². The number of anilines is 1. The first-order valence-electron chi connectivity index (χ1n) is 6.48. The van der Waals surface area contributed by atoms with Crippen LogP contribution in [0.2, 0.25) is 10.0 Å². The summed E-state index contributed by atoms with van der Waals surface area (Å²) < 4.78 is 37.0. The molecule has 0 aromatic heterocycles. The van der Waals surface area contributed by atoms with E-state index in [-0.39, 0.29) is 14.9 Å². The van der Waals surface area contributed by atoms with E-state index in [1.165, 1.54) is 33.4 Å². The Morgan fingerprint density at radius 2 is 1.52 bits per heavy atom. The van der Waals surface area contributed by atoms with Gasteiger partial charge in [-0.15, -0.1) is 0 Å². The predicted molar refractivity (Wildman–Crippen MR) is 91.6 cm³/mol. The number of hydrogen-bond donors (Lipinski definition) is 0. The van der Waals surface area contributed by atoms with Crippen molar-refractivity contribution in [1.29, 1.82) is 0 Å². The minimum Gasteiger partial charge on any atom is -0.495 e. The van der Waals surface area contributed by atoms with Gasteiger partial charge in [-0.05, 0) is 24.3 Å². The van der Waals surface area contributed by atoms with Crippen molar-refractivity contribution in [3.8, 4) is 11.5 Å². The topological polar surface area (TPSA) is 55.8 Å². The van der Waals surface area contributed by atoms with Gasteiger partial charge in [-0.2, -0.15) is 0 Å². The van der Waals surface area contributed by atoms with E-state index in [2.05, 4.69) is 0 Å².